The molecule has 0 aliphatic carbocycles. The van der Waals surface area contributed by atoms with E-state index in [0.29, 0.717) is 23.4 Å². The third-order valence-corrected chi connectivity index (χ3v) is 3.09. The van der Waals surface area contributed by atoms with E-state index in [9.17, 15) is 0 Å². The summed E-state index contributed by atoms with van der Waals surface area (Å²) in [5.74, 6) is 1.70. The minimum atomic E-state index is 0.432. The summed E-state index contributed by atoms with van der Waals surface area (Å²) in [6.45, 7) is 3.21. The molecule has 3 rings (SSSR count). The summed E-state index contributed by atoms with van der Waals surface area (Å²) in [5, 5.41) is 8.47. The predicted octanol–water partition coefficient (Wildman–Crippen LogP) is 2.53. The first-order valence-corrected chi connectivity index (χ1v) is 6.01. The van der Waals surface area contributed by atoms with Gasteiger partial charge in [0.25, 0.3) is 5.89 Å². The Kier molecular flexibility index (Phi) is 2.63. The maximum atomic E-state index is 6.13. The topological polar surface area (TPSA) is 51.4 Å². The van der Waals surface area contributed by atoms with Crippen LogP contribution in [-0.4, -0.2) is 30.4 Å². The smallest absolute Gasteiger partial charge is 0.251 e. The molecule has 1 aliphatic heterocycles. The number of benzene rings is 1. The van der Waals surface area contributed by atoms with Crippen molar-refractivity contribution in [3.8, 4) is 17.2 Å². The van der Waals surface area contributed by atoms with Gasteiger partial charge in [0, 0.05) is 19.0 Å². The minimum absolute atomic E-state index is 0.432. The Bertz CT molecular complexity index is 597. The van der Waals surface area contributed by atoms with Crippen LogP contribution in [-0.2, 0) is 0 Å². The van der Waals surface area contributed by atoms with Gasteiger partial charge in [0.15, 0.2) is 5.75 Å². The van der Waals surface area contributed by atoms with Gasteiger partial charge in [0.1, 0.15) is 6.61 Å². The second kappa shape index (κ2) is 4.17. The zero-order valence-corrected chi connectivity index (χ0v) is 10.9. The Morgan fingerprint density at radius 3 is 2.89 bits per heavy atom. The fourth-order valence-electron chi connectivity index (χ4n) is 1.98. The molecular weight excluding hydrogens is 254 g/mol. The summed E-state index contributed by atoms with van der Waals surface area (Å²) in [7, 11) is 2.00. The summed E-state index contributed by atoms with van der Waals surface area (Å²) < 4.78 is 11.2. The lowest BCUT2D eigenvalue weighted by atomic mass is 10.1. The molecule has 0 unspecified atom stereocenters. The van der Waals surface area contributed by atoms with Gasteiger partial charge in [-0.1, -0.05) is 11.6 Å². The van der Waals surface area contributed by atoms with Crippen molar-refractivity contribution >= 4 is 17.3 Å². The molecule has 0 atom stereocenters. The highest BCUT2D eigenvalue weighted by Gasteiger charge is 2.23. The van der Waals surface area contributed by atoms with Crippen molar-refractivity contribution in [1.82, 2.24) is 10.2 Å². The van der Waals surface area contributed by atoms with Crippen LogP contribution in [0.4, 0.5) is 5.69 Å². The van der Waals surface area contributed by atoms with Crippen molar-refractivity contribution in [3.63, 3.8) is 0 Å². The number of aryl methyl sites for hydroxylation is 1. The monoisotopic (exact) mass is 265 g/mol. The second-order valence-corrected chi connectivity index (χ2v) is 4.63. The summed E-state index contributed by atoms with van der Waals surface area (Å²) in [5.41, 5.74) is 1.68. The minimum Gasteiger partial charge on any atom is -0.489 e. The number of anilines is 1. The molecule has 0 bridgehead atoms. The molecule has 0 spiro atoms. The van der Waals surface area contributed by atoms with E-state index >= 15 is 0 Å². The van der Waals surface area contributed by atoms with Crippen LogP contribution in [0.2, 0.25) is 5.02 Å². The van der Waals surface area contributed by atoms with E-state index in [1.807, 2.05) is 13.1 Å². The number of likely N-dealkylation sites (N-methyl/N-ethyl adjacent to an activating group) is 1. The van der Waals surface area contributed by atoms with Gasteiger partial charge in [-0.25, -0.2) is 0 Å². The van der Waals surface area contributed by atoms with Gasteiger partial charge in [0.2, 0.25) is 5.89 Å². The molecule has 1 aliphatic rings. The van der Waals surface area contributed by atoms with Crippen molar-refractivity contribution in [2.75, 3.05) is 25.1 Å². The van der Waals surface area contributed by atoms with Gasteiger partial charge < -0.3 is 14.1 Å². The number of nitrogens with zero attached hydrogens (tertiary/aromatic N) is 3. The van der Waals surface area contributed by atoms with E-state index in [2.05, 4.69) is 15.1 Å². The standard InChI is InChI=1S/C12H12ClN3O2/c1-7-14-15-12(18-7)9-5-8(13)6-10-11(9)17-4-3-16(10)2/h5-6H,3-4H2,1-2H3. The van der Waals surface area contributed by atoms with Crippen LogP contribution in [0.15, 0.2) is 16.5 Å². The Morgan fingerprint density at radius 1 is 1.33 bits per heavy atom. The molecule has 0 fully saturated rings. The van der Waals surface area contributed by atoms with Crippen LogP contribution in [0.25, 0.3) is 11.5 Å². The molecule has 1 aromatic carbocycles. The molecule has 18 heavy (non-hydrogen) atoms. The molecule has 0 saturated heterocycles. The van der Waals surface area contributed by atoms with Crippen LogP contribution >= 0.6 is 11.6 Å². The van der Waals surface area contributed by atoms with Gasteiger partial charge in [0.05, 0.1) is 17.8 Å². The van der Waals surface area contributed by atoms with Crippen LogP contribution < -0.4 is 9.64 Å². The largest absolute Gasteiger partial charge is 0.489 e. The maximum absolute atomic E-state index is 6.13. The van der Waals surface area contributed by atoms with Crippen molar-refractivity contribution in [2.24, 2.45) is 0 Å². The van der Waals surface area contributed by atoms with Crippen LogP contribution in [0.5, 0.6) is 5.75 Å². The van der Waals surface area contributed by atoms with Gasteiger partial charge in [-0.05, 0) is 12.1 Å². The fraction of sp³-hybridized carbons (Fsp3) is 0.333. The zero-order valence-electron chi connectivity index (χ0n) is 10.1. The number of aromatic nitrogens is 2. The van der Waals surface area contributed by atoms with Gasteiger partial charge in [-0.15, -0.1) is 10.2 Å². The molecule has 0 amide bonds. The lowest BCUT2D eigenvalue weighted by Gasteiger charge is -2.28. The molecule has 2 heterocycles. The van der Waals surface area contributed by atoms with E-state index in [1.54, 1.807) is 13.0 Å². The Labute approximate surface area is 109 Å². The van der Waals surface area contributed by atoms with Crippen molar-refractivity contribution < 1.29 is 9.15 Å². The number of fused-ring (bicyclic) bond motifs is 1. The fourth-order valence-corrected chi connectivity index (χ4v) is 2.20. The average molecular weight is 266 g/mol. The normalized spacial score (nSPS) is 14.3. The van der Waals surface area contributed by atoms with E-state index < -0.39 is 0 Å². The maximum Gasteiger partial charge on any atom is 0.251 e. The lowest BCUT2D eigenvalue weighted by Crippen LogP contribution is -2.29. The van der Waals surface area contributed by atoms with E-state index in [0.717, 1.165) is 23.5 Å². The molecule has 0 radical (unpaired) electrons. The van der Waals surface area contributed by atoms with Crippen molar-refractivity contribution in [1.29, 1.82) is 0 Å². The lowest BCUT2D eigenvalue weighted by molar-refractivity contribution is 0.311. The first-order valence-electron chi connectivity index (χ1n) is 5.63. The Hall–Kier alpha value is -1.75. The van der Waals surface area contributed by atoms with Gasteiger partial charge in [-0.3, -0.25) is 0 Å². The Morgan fingerprint density at radius 2 is 2.17 bits per heavy atom. The van der Waals surface area contributed by atoms with Gasteiger partial charge >= 0.3 is 0 Å². The Balaban J connectivity index is 2.20. The number of rotatable bonds is 1. The quantitative estimate of drug-likeness (QED) is 0.793. The number of hydrogen-bond donors (Lipinski definition) is 0. The molecule has 1 aromatic heterocycles. The zero-order chi connectivity index (χ0) is 12.7. The summed E-state index contributed by atoms with van der Waals surface area (Å²) in [6.07, 6.45) is 0. The molecule has 94 valence electrons. The molecular formula is C12H12ClN3O2. The molecule has 6 heteroatoms. The predicted molar refractivity (Wildman–Crippen MR) is 68.2 cm³/mol. The van der Waals surface area contributed by atoms with Crippen LogP contribution in [0, 0.1) is 6.92 Å². The summed E-state index contributed by atoms with van der Waals surface area (Å²) in [6, 6.07) is 3.66. The summed E-state index contributed by atoms with van der Waals surface area (Å²) >= 11 is 6.13. The SMILES string of the molecule is Cc1nnc(-c2cc(Cl)cc3c2OCCN3C)o1. The first kappa shape index (κ1) is 11.3. The number of hydrogen-bond acceptors (Lipinski definition) is 5. The molecule has 2 aromatic rings. The van der Waals surface area contributed by atoms with Crippen molar-refractivity contribution in [2.45, 2.75) is 6.92 Å². The molecule has 0 saturated carbocycles. The van der Waals surface area contributed by atoms with E-state index in [-0.39, 0.29) is 0 Å². The van der Waals surface area contributed by atoms with E-state index in [1.165, 1.54) is 0 Å². The van der Waals surface area contributed by atoms with E-state index in [4.69, 9.17) is 20.8 Å². The highest BCUT2D eigenvalue weighted by Crippen LogP contribution is 2.41. The van der Waals surface area contributed by atoms with Gasteiger partial charge in [-0.2, -0.15) is 0 Å². The summed E-state index contributed by atoms with van der Waals surface area (Å²) in [4.78, 5) is 2.09. The highest BCUT2D eigenvalue weighted by molar-refractivity contribution is 6.31. The first-order chi connectivity index (χ1) is 8.65. The average Bonchev–Trinajstić information content (AvgIpc) is 2.76. The second-order valence-electron chi connectivity index (χ2n) is 4.20. The van der Waals surface area contributed by atoms with Crippen LogP contribution in [0.3, 0.4) is 0 Å². The third-order valence-electron chi connectivity index (χ3n) is 2.87. The number of halogens is 1. The third kappa shape index (κ3) is 1.80. The molecule has 5 nitrogen and oxygen atoms in total. The molecule has 0 N–H and O–H groups in total. The van der Waals surface area contributed by atoms with Crippen LogP contribution in [0.1, 0.15) is 5.89 Å². The number of ether oxygens (including phenoxy) is 1. The highest BCUT2D eigenvalue weighted by atomic mass is 35.5. The van der Waals surface area contributed by atoms with Crippen molar-refractivity contribution in [3.05, 3.63) is 23.0 Å².